The maximum Gasteiger partial charge on any atom is 0.236 e. The van der Waals surface area contributed by atoms with E-state index in [0.717, 1.165) is 51.4 Å². The maximum atomic E-state index is 13.3. The smallest absolute Gasteiger partial charge is 0.236 e. The zero-order valence-corrected chi connectivity index (χ0v) is 16.7. The summed E-state index contributed by atoms with van der Waals surface area (Å²) in [4.78, 5) is 29.7. The van der Waals surface area contributed by atoms with Crippen molar-refractivity contribution in [1.29, 1.82) is 0 Å². The first-order valence-corrected chi connectivity index (χ1v) is 10.8. The number of carbonyl (C=O) groups is 2. The van der Waals surface area contributed by atoms with Gasteiger partial charge in [-0.25, -0.2) is 0 Å². The number of likely N-dealkylation sites (tertiary alicyclic amines) is 1. The summed E-state index contributed by atoms with van der Waals surface area (Å²) in [5, 5.41) is 3.14. The van der Waals surface area contributed by atoms with Gasteiger partial charge in [-0.3, -0.25) is 9.59 Å². The monoisotopic (exact) mass is 363 g/mol. The molecular formula is C21H37N3O2. The van der Waals surface area contributed by atoms with E-state index in [1.165, 1.54) is 32.1 Å². The van der Waals surface area contributed by atoms with Crippen molar-refractivity contribution in [3.63, 3.8) is 0 Å². The van der Waals surface area contributed by atoms with Crippen molar-refractivity contribution < 1.29 is 9.59 Å². The first kappa shape index (κ1) is 19.7. The third-order valence-corrected chi connectivity index (χ3v) is 6.71. The molecular weight excluding hydrogens is 326 g/mol. The van der Waals surface area contributed by atoms with Crippen LogP contribution in [0.5, 0.6) is 0 Å². The largest absolute Gasteiger partial charge is 0.340 e. The van der Waals surface area contributed by atoms with Crippen molar-refractivity contribution in [2.75, 3.05) is 32.7 Å². The molecule has 1 saturated carbocycles. The van der Waals surface area contributed by atoms with Crippen LogP contribution in [0.2, 0.25) is 0 Å². The van der Waals surface area contributed by atoms with Crippen LogP contribution in [0.3, 0.4) is 0 Å². The van der Waals surface area contributed by atoms with Crippen LogP contribution in [0.25, 0.3) is 0 Å². The third kappa shape index (κ3) is 4.79. The van der Waals surface area contributed by atoms with Gasteiger partial charge in [0, 0.05) is 38.1 Å². The molecule has 3 fully saturated rings. The second-order valence-electron chi connectivity index (χ2n) is 8.93. The van der Waals surface area contributed by atoms with Gasteiger partial charge in [-0.05, 0) is 31.1 Å². The molecule has 2 saturated heterocycles. The van der Waals surface area contributed by atoms with E-state index < -0.39 is 0 Å². The summed E-state index contributed by atoms with van der Waals surface area (Å²) in [6.45, 7) is 8.09. The van der Waals surface area contributed by atoms with Gasteiger partial charge in [-0.15, -0.1) is 0 Å². The highest BCUT2D eigenvalue weighted by Crippen LogP contribution is 2.33. The summed E-state index contributed by atoms with van der Waals surface area (Å²) in [6, 6.07) is 0.213. The maximum absolute atomic E-state index is 13.3. The molecule has 0 aromatic heterocycles. The van der Waals surface area contributed by atoms with Gasteiger partial charge in [0.1, 0.15) is 0 Å². The first-order valence-electron chi connectivity index (χ1n) is 10.8. The van der Waals surface area contributed by atoms with E-state index in [9.17, 15) is 9.59 Å². The molecule has 3 aliphatic rings. The molecule has 148 valence electrons. The molecule has 2 unspecified atom stereocenters. The van der Waals surface area contributed by atoms with E-state index in [-0.39, 0.29) is 17.9 Å². The summed E-state index contributed by atoms with van der Waals surface area (Å²) in [5.74, 6) is 1.81. The van der Waals surface area contributed by atoms with E-state index >= 15 is 0 Å². The fraction of sp³-hybridized carbons (Fsp3) is 0.905. The predicted octanol–water partition coefficient (Wildman–Crippen LogP) is 2.65. The van der Waals surface area contributed by atoms with Gasteiger partial charge < -0.3 is 15.1 Å². The fourth-order valence-corrected chi connectivity index (χ4v) is 5.09. The van der Waals surface area contributed by atoms with Gasteiger partial charge in [0.25, 0.3) is 0 Å². The van der Waals surface area contributed by atoms with Crippen molar-refractivity contribution in [3.05, 3.63) is 0 Å². The van der Waals surface area contributed by atoms with Gasteiger partial charge in [-0.1, -0.05) is 46.0 Å². The van der Waals surface area contributed by atoms with Crippen LogP contribution < -0.4 is 5.32 Å². The van der Waals surface area contributed by atoms with E-state index in [0.29, 0.717) is 18.4 Å². The quantitative estimate of drug-likeness (QED) is 0.817. The molecule has 0 aromatic rings. The van der Waals surface area contributed by atoms with E-state index in [1.54, 1.807) is 0 Å². The number of carbonyl (C=O) groups excluding carboxylic acids is 2. The summed E-state index contributed by atoms with van der Waals surface area (Å²) in [7, 11) is 0. The standard InChI is InChI=1S/C21H37N3O2/c1-16(2)19(13-17-7-4-3-5-8-17)21(26)23-11-6-9-18(15-23)24-12-10-22-14-20(24)25/h16-19,22H,3-15H2,1-2H3. The number of hydrogen-bond donors (Lipinski definition) is 1. The molecule has 1 aliphatic carbocycles. The lowest BCUT2D eigenvalue weighted by molar-refractivity contribution is -0.144. The minimum atomic E-state index is 0.149. The molecule has 5 nitrogen and oxygen atoms in total. The molecule has 0 bridgehead atoms. The molecule has 26 heavy (non-hydrogen) atoms. The van der Waals surface area contributed by atoms with Crippen molar-refractivity contribution in [2.45, 2.75) is 71.3 Å². The highest BCUT2D eigenvalue weighted by Gasteiger charge is 2.35. The topological polar surface area (TPSA) is 52.7 Å². The molecule has 2 heterocycles. The predicted molar refractivity (Wildman–Crippen MR) is 104 cm³/mol. The van der Waals surface area contributed by atoms with Crippen LogP contribution in [0, 0.1) is 17.8 Å². The molecule has 5 heteroatoms. The van der Waals surface area contributed by atoms with Crippen LogP contribution in [0.15, 0.2) is 0 Å². The zero-order valence-electron chi connectivity index (χ0n) is 16.7. The lowest BCUT2D eigenvalue weighted by atomic mass is 9.78. The second-order valence-corrected chi connectivity index (χ2v) is 8.93. The minimum Gasteiger partial charge on any atom is -0.340 e. The lowest BCUT2D eigenvalue weighted by Gasteiger charge is -2.42. The Balaban J connectivity index is 1.61. The molecule has 2 atom stereocenters. The molecule has 1 N–H and O–H groups in total. The number of piperidine rings is 1. The van der Waals surface area contributed by atoms with E-state index in [1.807, 2.05) is 4.90 Å². The number of nitrogens with one attached hydrogen (secondary N) is 1. The molecule has 0 aromatic carbocycles. The second kappa shape index (κ2) is 9.20. The molecule has 2 amide bonds. The SMILES string of the molecule is CC(C)C(CC1CCCCC1)C(=O)N1CCCC(N2CCNCC2=O)C1. The van der Waals surface area contributed by atoms with Crippen molar-refractivity contribution in [1.82, 2.24) is 15.1 Å². The summed E-state index contributed by atoms with van der Waals surface area (Å²) in [6.07, 6.45) is 9.74. The van der Waals surface area contributed by atoms with Gasteiger partial charge in [-0.2, -0.15) is 0 Å². The number of amides is 2. The number of nitrogens with zero attached hydrogens (tertiary/aromatic N) is 2. The minimum absolute atomic E-state index is 0.149. The van der Waals surface area contributed by atoms with Gasteiger partial charge in [0.2, 0.25) is 11.8 Å². The van der Waals surface area contributed by atoms with Gasteiger partial charge in [0.15, 0.2) is 0 Å². The Morgan fingerprint density at radius 1 is 1.12 bits per heavy atom. The molecule has 0 radical (unpaired) electrons. The van der Waals surface area contributed by atoms with Crippen LogP contribution in [-0.2, 0) is 9.59 Å². The summed E-state index contributed by atoms with van der Waals surface area (Å²) in [5.41, 5.74) is 0. The Morgan fingerprint density at radius 2 is 1.88 bits per heavy atom. The number of piperazine rings is 1. The zero-order chi connectivity index (χ0) is 18.5. The Kier molecular flexibility index (Phi) is 6.96. The highest BCUT2D eigenvalue weighted by atomic mass is 16.2. The highest BCUT2D eigenvalue weighted by molar-refractivity contribution is 5.80. The average molecular weight is 364 g/mol. The van der Waals surface area contributed by atoms with E-state index in [2.05, 4.69) is 24.1 Å². The Morgan fingerprint density at radius 3 is 2.58 bits per heavy atom. The normalized spacial score (nSPS) is 27.0. The van der Waals surface area contributed by atoms with Crippen LogP contribution in [-0.4, -0.2) is 60.4 Å². The van der Waals surface area contributed by atoms with Gasteiger partial charge >= 0.3 is 0 Å². The molecule has 3 rings (SSSR count). The van der Waals surface area contributed by atoms with Gasteiger partial charge in [0.05, 0.1) is 6.54 Å². The Hall–Kier alpha value is -1.10. The lowest BCUT2D eigenvalue weighted by Crippen LogP contribution is -2.58. The first-order chi connectivity index (χ1) is 12.6. The van der Waals surface area contributed by atoms with Crippen LogP contribution in [0.1, 0.15) is 65.2 Å². The van der Waals surface area contributed by atoms with Crippen molar-refractivity contribution in [3.8, 4) is 0 Å². The molecule has 2 aliphatic heterocycles. The Bertz CT molecular complexity index is 488. The molecule has 0 spiro atoms. The van der Waals surface area contributed by atoms with Crippen LogP contribution in [0.4, 0.5) is 0 Å². The third-order valence-electron chi connectivity index (χ3n) is 6.71. The Labute approximate surface area is 158 Å². The van der Waals surface area contributed by atoms with Crippen molar-refractivity contribution in [2.24, 2.45) is 17.8 Å². The van der Waals surface area contributed by atoms with Crippen molar-refractivity contribution >= 4 is 11.8 Å². The average Bonchev–Trinajstić information content (AvgIpc) is 2.66. The number of hydrogen-bond acceptors (Lipinski definition) is 3. The van der Waals surface area contributed by atoms with Crippen LogP contribution >= 0.6 is 0 Å². The van der Waals surface area contributed by atoms with E-state index in [4.69, 9.17) is 0 Å². The summed E-state index contributed by atoms with van der Waals surface area (Å²) >= 11 is 0. The fourth-order valence-electron chi connectivity index (χ4n) is 5.09. The number of rotatable bonds is 5. The summed E-state index contributed by atoms with van der Waals surface area (Å²) < 4.78 is 0.